The summed E-state index contributed by atoms with van der Waals surface area (Å²) >= 11 is 0. The van der Waals surface area contributed by atoms with Crippen LogP contribution in [-0.2, 0) is 10.9 Å². The Morgan fingerprint density at radius 1 is 1.28 bits per heavy atom. The van der Waals surface area contributed by atoms with Crippen LogP contribution in [0.5, 0.6) is 11.6 Å². The largest absolute Gasteiger partial charge is 0.482 e. The summed E-state index contributed by atoms with van der Waals surface area (Å²) in [4.78, 5) is 4.46. The molecule has 1 N–H and O–H groups in total. The molecule has 3 heterocycles. The second-order valence-electron chi connectivity index (χ2n) is 7.61. The average molecular weight is 448 g/mol. The Labute approximate surface area is 182 Å². The summed E-state index contributed by atoms with van der Waals surface area (Å²) in [6.07, 6.45) is -2.28. The molecule has 0 saturated carbocycles. The van der Waals surface area contributed by atoms with Crippen molar-refractivity contribution in [3.63, 3.8) is 0 Å². The zero-order chi connectivity index (χ0) is 22.9. The molecule has 2 atom stereocenters. The van der Waals surface area contributed by atoms with E-state index in [1.165, 1.54) is 26.3 Å². The van der Waals surface area contributed by atoms with Crippen LogP contribution in [-0.4, -0.2) is 41.6 Å². The van der Waals surface area contributed by atoms with Gasteiger partial charge in [-0.05, 0) is 37.1 Å². The van der Waals surface area contributed by atoms with E-state index in [0.717, 1.165) is 12.5 Å². The molecule has 1 saturated heterocycles. The second-order valence-corrected chi connectivity index (χ2v) is 7.61. The molecule has 0 unspecified atom stereocenters. The van der Waals surface area contributed by atoms with E-state index in [0.29, 0.717) is 47.1 Å². The predicted molar refractivity (Wildman–Crippen MR) is 112 cm³/mol. The molecule has 170 valence electrons. The summed E-state index contributed by atoms with van der Waals surface area (Å²) in [7, 11) is 1.50. The van der Waals surface area contributed by atoms with Gasteiger partial charge >= 0.3 is 6.18 Å². The molecular weight excluding hydrogens is 425 g/mol. The number of aromatic nitrogens is 3. The highest BCUT2D eigenvalue weighted by molar-refractivity contribution is 5.90. The monoisotopic (exact) mass is 448 g/mol. The van der Waals surface area contributed by atoms with Crippen LogP contribution in [0.2, 0.25) is 0 Å². The highest BCUT2D eigenvalue weighted by atomic mass is 19.4. The van der Waals surface area contributed by atoms with Crippen LogP contribution in [0, 0.1) is 6.92 Å². The van der Waals surface area contributed by atoms with Gasteiger partial charge in [0.2, 0.25) is 0 Å². The van der Waals surface area contributed by atoms with Crippen molar-refractivity contribution in [2.45, 2.75) is 38.6 Å². The molecule has 0 spiro atoms. The van der Waals surface area contributed by atoms with Gasteiger partial charge in [0.15, 0.2) is 11.6 Å². The minimum Gasteiger partial charge on any atom is -0.482 e. The first-order chi connectivity index (χ1) is 15.3. The summed E-state index contributed by atoms with van der Waals surface area (Å²) in [5.74, 6) is 1.13. The molecule has 32 heavy (non-hydrogen) atoms. The lowest BCUT2D eigenvalue weighted by Gasteiger charge is -2.21. The van der Waals surface area contributed by atoms with E-state index in [-0.39, 0.29) is 11.7 Å². The number of nitrogens with one attached hydrogen (secondary N) is 1. The van der Waals surface area contributed by atoms with Crippen molar-refractivity contribution in [2.24, 2.45) is 0 Å². The molecule has 1 aromatic carbocycles. The number of alkyl halides is 3. The first-order valence-electron chi connectivity index (χ1n) is 10.2. The van der Waals surface area contributed by atoms with Crippen LogP contribution < -0.4 is 14.8 Å². The number of rotatable bonds is 6. The summed E-state index contributed by atoms with van der Waals surface area (Å²) in [6.45, 7) is 4.34. The van der Waals surface area contributed by atoms with E-state index >= 15 is 0 Å². The SMILES string of the molecule is COc1nc2cnnc(N[C@H](C)c3cccc(C(F)(F)F)c3C)c2cc1O[C@H]1CCOC1. The van der Waals surface area contributed by atoms with Crippen LogP contribution >= 0.6 is 0 Å². The molecule has 0 amide bonds. The van der Waals surface area contributed by atoms with Gasteiger partial charge < -0.3 is 19.5 Å². The van der Waals surface area contributed by atoms with Crippen LogP contribution in [0.25, 0.3) is 10.9 Å². The summed E-state index contributed by atoms with van der Waals surface area (Å²) in [6, 6.07) is 5.43. The maximum Gasteiger partial charge on any atom is 0.416 e. The normalized spacial score (nSPS) is 17.4. The van der Waals surface area contributed by atoms with Crippen molar-refractivity contribution in [1.29, 1.82) is 0 Å². The van der Waals surface area contributed by atoms with E-state index < -0.39 is 17.8 Å². The van der Waals surface area contributed by atoms with E-state index in [2.05, 4.69) is 20.5 Å². The minimum atomic E-state index is -4.42. The lowest BCUT2D eigenvalue weighted by molar-refractivity contribution is -0.138. The second kappa shape index (κ2) is 8.78. The van der Waals surface area contributed by atoms with Crippen LogP contribution in [0.15, 0.2) is 30.5 Å². The number of halogens is 3. The Hall–Kier alpha value is -3.14. The Morgan fingerprint density at radius 2 is 2.09 bits per heavy atom. The van der Waals surface area contributed by atoms with Crippen molar-refractivity contribution < 1.29 is 27.4 Å². The van der Waals surface area contributed by atoms with Gasteiger partial charge in [-0.25, -0.2) is 4.98 Å². The minimum absolute atomic E-state index is 0.110. The molecule has 4 rings (SSSR count). The predicted octanol–water partition coefficient (Wildman–Crippen LogP) is 4.70. The number of ether oxygens (including phenoxy) is 3. The maximum atomic E-state index is 13.3. The molecule has 1 fully saturated rings. The fraction of sp³-hybridized carbons (Fsp3) is 0.409. The van der Waals surface area contributed by atoms with Crippen molar-refractivity contribution in [1.82, 2.24) is 15.2 Å². The van der Waals surface area contributed by atoms with Crippen molar-refractivity contribution in [3.8, 4) is 11.6 Å². The molecule has 10 heteroatoms. The number of nitrogens with zero attached hydrogens (tertiary/aromatic N) is 3. The third-order valence-corrected chi connectivity index (χ3v) is 5.45. The van der Waals surface area contributed by atoms with Gasteiger partial charge in [-0.15, -0.1) is 5.10 Å². The Bertz CT molecular complexity index is 1120. The molecule has 1 aliphatic heterocycles. The van der Waals surface area contributed by atoms with Crippen molar-refractivity contribution in [2.75, 3.05) is 25.6 Å². The molecule has 7 nitrogen and oxygen atoms in total. The van der Waals surface area contributed by atoms with Crippen LogP contribution in [0.4, 0.5) is 19.0 Å². The lowest BCUT2D eigenvalue weighted by atomic mass is 9.97. The van der Waals surface area contributed by atoms with E-state index in [9.17, 15) is 13.2 Å². The average Bonchev–Trinajstić information content (AvgIpc) is 3.26. The molecule has 0 aliphatic carbocycles. The summed E-state index contributed by atoms with van der Waals surface area (Å²) in [5, 5.41) is 11.9. The fourth-order valence-corrected chi connectivity index (χ4v) is 3.81. The van der Waals surface area contributed by atoms with Crippen LogP contribution in [0.3, 0.4) is 0 Å². The van der Waals surface area contributed by atoms with Gasteiger partial charge in [-0.1, -0.05) is 12.1 Å². The number of methoxy groups -OCH3 is 1. The number of benzene rings is 1. The smallest absolute Gasteiger partial charge is 0.416 e. The molecule has 3 aromatic rings. The first-order valence-corrected chi connectivity index (χ1v) is 10.2. The highest BCUT2D eigenvalue weighted by Crippen LogP contribution is 2.37. The Balaban J connectivity index is 1.68. The number of pyridine rings is 1. The zero-order valence-corrected chi connectivity index (χ0v) is 17.9. The summed E-state index contributed by atoms with van der Waals surface area (Å²) in [5.41, 5.74) is 0.536. The van der Waals surface area contributed by atoms with E-state index in [1.54, 1.807) is 19.1 Å². The van der Waals surface area contributed by atoms with Gasteiger partial charge in [0, 0.05) is 6.42 Å². The van der Waals surface area contributed by atoms with Crippen LogP contribution in [0.1, 0.15) is 36.1 Å². The maximum absolute atomic E-state index is 13.3. The number of hydrogen-bond acceptors (Lipinski definition) is 7. The number of fused-ring (bicyclic) bond motifs is 1. The zero-order valence-electron chi connectivity index (χ0n) is 17.9. The topological polar surface area (TPSA) is 78.4 Å². The molecule has 1 aliphatic rings. The molecule has 0 bridgehead atoms. The van der Waals surface area contributed by atoms with E-state index in [1.807, 2.05) is 0 Å². The Morgan fingerprint density at radius 3 is 2.78 bits per heavy atom. The van der Waals surface area contributed by atoms with Gasteiger partial charge in [0.1, 0.15) is 6.10 Å². The fourth-order valence-electron chi connectivity index (χ4n) is 3.81. The Kier molecular flexibility index (Phi) is 6.05. The van der Waals surface area contributed by atoms with Gasteiger partial charge in [0.05, 0.1) is 49.0 Å². The third kappa shape index (κ3) is 4.40. The first kappa shape index (κ1) is 22.1. The van der Waals surface area contributed by atoms with Gasteiger partial charge in [-0.3, -0.25) is 0 Å². The van der Waals surface area contributed by atoms with E-state index in [4.69, 9.17) is 14.2 Å². The molecular formula is C22H23F3N4O3. The molecule has 2 aromatic heterocycles. The summed E-state index contributed by atoms with van der Waals surface area (Å²) < 4.78 is 56.7. The number of anilines is 1. The van der Waals surface area contributed by atoms with Crippen molar-refractivity contribution in [3.05, 3.63) is 47.2 Å². The lowest BCUT2D eigenvalue weighted by Crippen LogP contribution is -2.17. The highest BCUT2D eigenvalue weighted by Gasteiger charge is 2.33. The van der Waals surface area contributed by atoms with Crippen molar-refractivity contribution >= 4 is 16.7 Å². The quantitative estimate of drug-likeness (QED) is 0.586. The standard InChI is InChI=1S/C22H23F3N4O3/c1-12-15(5-4-6-17(12)22(23,24)25)13(2)27-20-16-9-19(32-14-7-8-31-11-14)21(30-3)28-18(16)10-26-29-20/h4-6,9-10,13-14H,7-8,11H2,1-3H3,(H,27,29)/t13-,14+/m1/s1. The number of hydrogen-bond donors (Lipinski definition) is 1. The third-order valence-electron chi connectivity index (χ3n) is 5.45. The molecule has 0 radical (unpaired) electrons. The van der Waals surface area contributed by atoms with Gasteiger partial charge in [-0.2, -0.15) is 18.3 Å². The van der Waals surface area contributed by atoms with Gasteiger partial charge in [0.25, 0.3) is 5.88 Å².